The van der Waals surface area contributed by atoms with Crippen molar-refractivity contribution in [3.05, 3.63) is 52.0 Å². The molecule has 1 unspecified atom stereocenters. The normalized spacial score (nSPS) is 11.8. The van der Waals surface area contributed by atoms with Crippen LogP contribution in [0.15, 0.2) is 36.4 Å². The quantitative estimate of drug-likeness (QED) is 0.767. The van der Waals surface area contributed by atoms with Gasteiger partial charge in [-0.15, -0.1) is 0 Å². The summed E-state index contributed by atoms with van der Waals surface area (Å²) >= 11 is 12.1. The van der Waals surface area contributed by atoms with E-state index in [1.165, 1.54) is 13.2 Å². The molecule has 3 N–H and O–H groups in total. The molecule has 116 valence electrons. The summed E-state index contributed by atoms with van der Waals surface area (Å²) in [6.07, 6.45) is 0. The van der Waals surface area contributed by atoms with Gasteiger partial charge in [-0.3, -0.25) is 0 Å². The van der Waals surface area contributed by atoms with Crippen LogP contribution in [-0.4, -0.2) is 23.3 Å². The lowest BCUT2D eigenvalue weighted by molar-refractivity contribution is -0.138. The van der Waals surface area contributed by atoms with Crippen molar-refractivity contribution in [3.8, 4) is 11.5 Å². The molecule has 0 spiro atoms. The zero-order valence-electron chi connectivity index (χ0n) is 11.5. The molecule has 7 heteroatoms. The molecule has 0 amide bonds. The summed E-state index contributed by atoms with van der Waals surface area (Å²) in [5.74, 6) is -1.31. The highest BCUT2D eigenvalue weighted by Crippen LogP contribution is 2.45. The summed E-state index contributed by atoms with van der Waals surface area (Å²) < 4.78 is 4.94. The second kappa shape index (κ2) is 6.77. The zero-order valence-corrected chi connectivity index (χ0v) is 13.0. The number of rotatable bonds is 5. The van der Waals surface area contributed by atoms with Crippen molar-refractivity contribution in [2.75, 3.05) is 12.4 Å². The van der Waals surface area contributed by atoms with Crippen LogP contribution in [0.3, 0.4) is 0 Å². The Bertz CT molecular complexity index is 692. The number of ether oxygens (including phenoxy) is 1. The fourth-order valence-electron chi connectivity index (χ4n) is 1.95. The number of nitrogens with one attached hydrogen (secondary N) is 1. The zero-order chi connectivity index (χ0) is 16.3. The first kappa shape index (κ1) is 16.3. The van der Waals surface area contributed by atoms with Gasteiger partial charge in [0.05, 0.1) is 17.8 Å². The standard InChI is InChI=1S/C15H13Cl2NO4/c1-22-10-7-9(16)13(11(17)14(10)19)18-12(15(20)21)8-5-3-2-4-6-8/h2-7,12,18-19H,1H3,(H,20,21). The predicted molar refractivity (Wildman–Crippen MR) is 85.1 cm³/mol. The number of phenolic OH excluding ortho intramolecular Hbond substituents is 1. The molecule has 0 radical (unpaired) electrons. The van der Waals surface area contributed by atoms with Crippen LogP contribution < -0.4 is 10.1 Å². The van der Waals surface area contributed by atoms with E-state index in [0.29, 0.717) is 5.56 Å². The van der Waals surface area contributed by atoms with Crippen LogP contribution in [0.4, 0.5) is 5.69 Å². The molecule has 0 saturated heterocycles. The molecule has 22 heavy (non-hydrogen) atoms. The van der Waals surface area contributed by atoms with E-state index in [-0.39, 0.29) is 27.2 Å². The van der Waals surface area contributed by atoms with Crippen molar-refractivity contribution in [1.29, 1.82) is 0 Å². The fourth-order valence-corrected chi connectivity index (χ4v) is 2.50. The van der Waals surface area contributed by atoms with Crippen molar-refractivity contribution in [2.24, 2.45) is 0 Å². The van der Waals surface area contributed by atoms with E-state index in [4.69, 9.17) is 27.9 Å². The van der Waals surface area contributed by atoms with Crippen LogP contribution in [0.2, 0.25) is 10.0 Å². The van der Waals surface area contributed by atoms with Gasteiger partial charge < -0.3 is 20.3 Å². The molecule has 0 bridgehead atoms. The largest absolute Gasteiger partial charge is 0.503 e. The molecule has 0 saturated carbocycles. The van der Waals surface area contributed by atoms with Gasteiger partial charge in [0, 0.05) is 6.07 Å². The summed E-state index contributed by atoms with van der Waals surface area (Å²) in [6, 6.07) is 8.84. The van der Waals surface area contributed by atoms with Crippen molar-refractivity contribution in [1.82, 2.24) is 0 Å². The Kier molecular flexibility index (Phi) is 5.00. The van der Waals surface area contributed by atoms with Crippen LogP contribution >= 0.6 is 23.2 Å². The molecule has 1 atom stereocenters. The number of aromatic hydroxyl groups is 1. The van der Waals surface area contributed by atoms with E-state index in [0.717, 1.165) is 0 Å². The van der Waals surface area contributed by atoms with Crippen LogP contribution in [0.25, 0.3) is 0 Å². The number of aliphatic carboxylic acids is 1. The van der Waals surface area contributed by atoms with E-state index in [2.05, 4.69) is 5.32 Å². The first-order chi connectivity index (χ1) is 10.5. The number of benzene rings is 2. The second-order valence-corrected chi connectivity index (χ2v) is 5.21. The molecule has 2 aromatic carbocycles. The van der Waals surface area contributed by atoms with Gasteiger partial charge in [0.2, 0.25) is 0 Å². The molecule has 5 nitrogen and oxygen atoms in total. The number of carboxylic acid groups (broad SMARTS) is 1. The third-order valence-corrected chi connectivity index (χ3v) is 3.71. The minimum atomic E-state index is -1.10. The van der Waals surface area contributed by atoms with E-state index in [9.17, 15) is 15.0 Å². The molecule has 0 aliphatic heterocycles. The Morgan fingerprint density at radius 3 is 2.45 bits per heavy atom. The maximum absolute atomic E-state index is 11.5. The number of hydrogen-bond acceptors (Lipinski definition) is 4. The monoisotopic (exact) mass is 341 g/mol. The first-order valence-electron chi connectivity index (χ1n) is 6.25. The van der Waals surface area contributed by atoms with Crippen LogP contribution in [0, 0.1) is 0 Å². The summed E-state index contributed by atoms with van der Waals surface area (Å²) in [6.45, 7) is 0. The van der Waals surface area contributed by atoms with Gasteiger partial charge in [-0.2, -0.15) is 0 Å². The summed E-state index contributed by atoms with van der Waals surface area (Å²) in [5, 5.41) is 22.1. The maximum atomic E-state index is 11.5. The van der Waals surface area contributed by atoms with Crippen molar-refractivity contribution >= 4 is 34.9 Å². The number of carboxylic acids is 1. The Balaban J connectivity index is 2.44. The molecule has 0 fully saturated rings. The molecular formula is C15H13Cl2NO4. The third-order valence-electron chi connectivity index (χ3n) is 3.05. The lowest BCUT2D eigenvalue weighted by Gasteiger charge is -2.19. The lowest BCUT2D eigenvalue weighted by Crippen LogP contribution is -2.20. The van der Waals surface area contributed by atoms with Gasteiger partial charge in [-0.05, 0) is 5.56 Å². The number of phenols is 1. The average Bonchev–Trinajstić information content (AvgIpc) is 2.51. The van der Waals surface area contributed by atoms with Crippen LogP contribution in [0.5, 0.6) is 11.5 Å². The lowest BCUT2D eigenvalue weighted by atomic mass is 10.1. The van der Waals surface area contributed by atoms with Gasteiger partial charge in [0.1, 0.15) is 5.02 Å². The Morgan fingerprint density at radius 1 is 1.27 bits per heavy atom. The predicted octanol–water partition coefficient (Wildman–Crippen LogP) is 3.95. The van der Waals surface area contributed by atoms with Gasteiger partial charge in [0.15, 0.2) is 17.5 Å². The van der Waals surface area contributed by atoms with Crippen molar-refractivity contribution in [3.63, 3.8) is 0 Å². The van der Waals surface area contributed by atoms with Crippen LogP contribution in [-0.2, 0) is 4.79 Å². The van der Waals surface area contributed by atoms with Gasteiger partial charge in [0.25, 0.3) is 0 Å². The third kappa shape index (κ3) is 3.21. The molecule has 0 aliphatic rings. The molecule has 0 aliphatic carbocycles. The van der Waals surface area contributed by atoms with E-state index in [1.807, 2.05) is 0 Å². The second-order valence-electron chi connectivity index (χ2n) is 4.42. The number of halogens is 2. The number of hydrogen-bond donors (Lipinski definition) is 3. The van der Waals surface area contributed by atoms with Crippen molar-refractivity contribution < 1.29 is 19.7 Å². The highest BCUT2D eigenvalue weighted by molar-refractivity contribution is 6.40. The Morgan fingerprint density at radius 2 is 1.91 bits per heavy atom. The van der Waals surface area contributed by atoms with E-state index in [1.54, 1.807) is 30.3 Å². The van der Waals surface area contributed by atoms with E-state index < -0.39 is 12.0 Å². The van der Waals surface area contributed by atoms with E-state index >= 15 is 0 Å². The Hall–Kier alpha value is -2.11. The Labute approximate surface area is 137 Å². The molecular weight excluding hydrogens is 329 g/mol. The highest BCUT2D eigenvalue weighted by atomic mass is 35.5. The minimum absolute atomic E-state index is 0.104. The number of methoxy groups -OCH3 is 1. The minimum Gasteiger partial charge on any atom is -0.503 e. The maximum Gasteiger partial charge on any atom is 0.330 e. The topological polar surface area (TPSA) is 78.8 Å². The van der Waals surface area contributed by atoms with Crippen molar-refractivity contribution in [2.45, 2.75) is 6.04 Å². The SMILES string of the molecule is COc1cc(Cl)c(NC(C(=O)O)c2ccccc2)c(Cl)c1O. The fraction of sp³-hybridized carbons (Fsp3) is 0.133. The summed E-state index contributed by atoms with van der Waals surface area (Å²) in [7, 11) is 1.36. The average molecular weight is 342 g/mol. The smallest absolute Gasteiger partial charge is 0.330 e. The van der Waals surface area contributed by atoms with Gasteiger partial charge in [-0.25, -0.2) is 4.79 Å². The number of anilines is 1. The molecule has 2 aromatic rings. The van der Waals surface area contributed by atoms with Crippen LogP contribution in [0.1, 0.15) is 11.6 Å². The molecule has 2 rings (SSSR count). The number of carbonyl (C=O) groups is 1. The van der Waals surface area contributed by atoms with Gasteiger partial charge >= 0.3 is 5.97 Å². The molecule has 0 heterocycles. The summed E-state index contributed by atoms with van der Waals surface area (Å²) in [5.41, 5.74) is 0.648. The highest BCUT2D eigenvalue weighted by Gasteiger charge is 2.24. The summed E-state index contributed by atoms with van der Waals surface area (Å²) in [4.78, 5) is 11.5. The first-order valence-corrected chi connectivity index (χ1v) is 7.00. The van der Waals surface area contributed by atoms with Gasteiger partial charge in [-0.1, -0.05) is 53.5 Å². The molecule has 0 aromatic heterocycles.